The number of imidazole rings is 1. The number of urea groups is 1. The highest BCUT2D eigenvalue weighted by Gasteiger charge is 2.08. The molecule has 2 amide bonds. The Balaban J connectivity index is 1.46. The predicted octanol–water partition coefficient (Wildman–Crippen LogP) is 3.80. The molecule has 2 aromatic carbocycles. The van der Waals surface area contributed by atoms with Gasteiger partial charge < -0.3 is 10.6 Å². The highest BCUT2D eigenvalue weighted by Crippen LogP contribution is 2.21. The van der Waals surface area contributed by atoms with Crippen LogP contribution in [-0.4, -0.2) is 20.6 Å². The fourth-order valence-electron chi connectivity index (χ4n) is 2.55. The van der Waals surface area contributed by atoms with Crippen LogP contribution in [0.4, 0.5) is 10.5 Å². The van der Waals surface area contributed by atoms with Crippen LogP contribution in [0.5, 0.6) is 0 Å². The number of hydrogen-bond acceptors (Lipinski definition) is 4. The number of nitrogens with one attached hydrogen (secondary N) is 2. The highest BCUT2D eigenvalue weighted by molar-refractivity contribution is 7.07. The van der Waals surface area contributed by atoms with E-state index in [9.17, 15) is 4.79 Å². The van der Waals surface area contributed by atoms with E-state index in [2.05, 4.69) is 20.6 Å². The van der Waals surface area contributed by atoms with Crippen molar-refractivity contribution >= 4 is 34.1 Å². The molecular formula is C18H15N5OS. The van der Waals surface area contributed by atoms with Crippen LogP contribution in [0.25, 0.3) is 16.9 Å². The number of carbonyl (C=O) groups excluding carboxylic acids is 1. The Hall–Kier alpha value is -3.19. The number of nitrogens with zero attached hydrogens (tertiary/aromatic N) is 3. The first-order chi connectivity index (χ1) is 12.3. The van der Waals surface area contributed by atoms with E-state index in [1.807, 2.05) is 58.5 Å². The third-order valence-corrected chi connectivity index (χ3v) is 4.34. The Morgan fingerprint density at radius 1 is 1.12 bits per heavy atom. The Bertz CT molecular complexity index is 995. The summed E-state index contributed by atoms with van der Waals surface area (Å²) in [6.45, 7) is 0.480. The van der Waals surface area contributed by atoms with E-state index in [4.69, 9.17) is 0 Å². The minimum Gasteiger partial charge on any atom is -0.334 e. The van der Waals surface area contributed by atoms with Crippen molar-refractivity contribution < 1.29 is 4.79 Å². The number of hydrogen-bond donors (Lipinski definition) is 2. The molecule has 0 radical (unpaired) electrons. The van der Waals surface area contributed by atoms with Crippen molar-refractivity contribution in [2.75, 3.05) is 5.32 Å². The summed E-state index contributed by atoms with van der Waals surface area (Å²) in [5, 5.41) is 7.64. The standard InChI is InChI=1S/C18H15N5OS/c24-18(19-9-13-4-2-1-3-5-13)22-14-6-7-16-15(8-14)20-11-23(16)17-10-25-12-21-17/h1-8,10-12H,9H2,(H2,19,22,24). The van der Waals surface area contributed by atoms with Gasteiger partial charge in [0, 0.05) is 17.6 Å². The molecule has 4 rings (SSSR count). The van der Waals surface area contributed by atoms with E-state index in [-0.39, 0.29) is 6.03 Å². The molecular weight excluding hydrogens is 334 g/mol. The number of fused-ring (bicyclic) bond motifs is 1. The van der Waals surface area contributed by atoms with Crippen LogP contribution < -0.4 is 10.6 Å². The van der Waals surface area contributed by atoms with Crippen molar-refractivity contribution in [3.8, 4) is 5.82 Å². The van der Waals surface area contributed by atoms with Gasteiger partial charge in [0.15, 0.2) is 0 Å². The summed E-state index contributed by atoms with van der Waals surface area (Å²) in [5.74, 6) is 0.841. The minimum absolute atomic E-state index is 0.248. The number of thiazole rings is 1. The van der Waals surface area contributed by atoms with Gasteiger partial charge in [0.2, 0.25) is 0 Å². The van der Waals surface area contributed by atoms with Gasteiger partial charge in [-0.05, 0) is 23.8 Å². The van der Waals surface area contributed by atoms with E-state index in [0.717, 1.165) is 22.4 Å². The maximum absolute atomic E-state index is 12.1. The van der Waals surface area contributed by atoms with E-state index in [1.54, 1.807) is 11.8 Å². The van der Waals surface area contributed by atoms with Crippen LogP contribution in [0.2, 0.25) is 0 Å². The van der Waals surface area contributed by atoms with Gasteiger partial charge in [-0.1, -0.05) is 30.3 Å². The predicted molar refractivity (Wildman–Crippen MR) is 99.0 cm³/mol. The third kappa shape index (κ3) is 3.36. The van der Waals surface area contributed by atoms with Gasteiger partial charge >= 0.3 is 6.03 Å². The normalized spacial score (nSPS) is 10.7. The summed E-state index contributed by atoms with van der Waals surface area (Å²) in [4.78, 5) is 20.7. The lowest BCUT2D eigenvalue weighted by Crippen LogP contribution is -2.28. The summed E-state index contributed by atoms with van der Waals surface area (Å²) in [6, 6.07) is 15.2. The number of anilines is 1. The fraction of sp³-hybridized carbons (Fsp3) is 0.0556. The van der Waals surface area contributed by atoms with Gasteiger partial charge in [0.05, 0.1) is 16.5 Å². The Labute approximate surface area is 148 Å². The lowest BCUT2D eigenvalue weighted by atomic mass is 10.2. The number of aromatic nitrogens is 3. The molecule has 0 aliphatic rings. The first-order valence-electron chi connectivity index (χ1n) is 7.74. The zero-order valence-corrected chi connectivity index (χ0v) is 14.0. The van der Waals surface area contributed by atoms with Crippen LogP contribution in [0.1, 0.15) is 5.56 Å². The van der Waals surface area contributed by atoms with Gasteiger partial charge in [0.1, 0.15) is 12.1 Å². The molecule has 2 N–H and O–H groups in total. The van der Waals surface area contributed by atoms with Gasteiger partial charge in [-0.15, -0.1) is 11.3 Å². The largest absolute Gasteiger partial charge is 0.334 e. The molecule has 0 aliphatic carbocycles. The second kappa shape index (κ2) is 6.74. The zero-order chi connectivity index (χ0) is 17.1. The summed E-state index contributed by atoms with van der Waals surface area (Å²) in [7, 11) is 0. The molecule has 0 aliphatic heterocycles. The average Bonchev–Trinajstić information content (AvgIpc) is 3.30. The van der Waals surface area contributed by atoms with Gasteiger partial charge in [-0.3, -0.25) is 4.57 Å². The maximum Gasteiger partial charge on any atom is 0.319 e. The molecule has 0 fully saturated rings. The molecule has 7 heteroatoms. The van der Waals surface area contributed by atoms with Crippen molar-refractivity contribution in [3.05, 3.63) is 71.3 Å². The number of amides is 2. The molecule has 2 aromatic heterocycles. The molecule has 0 bridgehead atoms. The van der Waals surface area contributed by atoms with Crippen molar-refractivity contribution in [2.24, 2.45) is 0 Å². The van der Waals surface area contributed by atoms with Crippen molar-refractivity contribution in [1.82, 2.24) is 19.9 Å². The second-order valence-corrected chi connectivity index (χ2v) is 6.18. The minimum atomic E-state index is -0.248. The quantitative estimate of drug-likeness (QED) is 0.588. The van der Waals surface area contributed by atoms with Gasteiger partial charge in [0.25, 0.3) is 0 Å². The Kier molecular flexibility index (Phi) is 4.14. The molecule has 0 atom stereocenters. The van der Waals surface area contributed by atoms with E-state index >= 15 is 0 Å². The van der Waals surface area contributed by atoms with Gasteiger partial charge in [-0.25, -0.2) is 14.8 Å². The molecule has 0 saturated carbocycles. The van der Waals surface area contributed by atoms with Crippen molar-refractivity contribution in [2.45, 2.75) is 6.54 Å². The third-order valence-electron chi connectivity index (χ3n) is 3.77. The summed E-state index contributed by atoms with van der Waals surface area (Å²) >= 11 is 1.54. The number of rotatable bonds is 4. The number of benzene rings is 2. The highest BCUT2D eigenvalue weighted by atomic mass is 32.1. The molecule has 4 aromatic rings. The molecule has 6 nitrogen and oxygen atoms in total. The SMILES string of the molecule is O=C(NCc1ccccc1)Nc1ccc2c(c1)ncn2-c1cscn1. The first-order valence-corrected chi connectivity index (χ1v) is 8.68. The molecule has 124 valence electrons. The molecule has 0 saturated heterocycles. The second-order valence-electron chi connectivity index (χ2n) is 5.46. The Morgan fingerprint density at radius 3 is 2.80 bits per heavy atom. The van der Waals surface area contributed by atoms with E-state index in [1.165, 1.54) is 11.3 Å². The smallest absolute Gasteiger partial charge is 0.319 e. The zero-order valence-electron chi connectivity index (χ0n) is 13.2. The Morgan fingerprint density at radius 2 is 2.00 bits per heavy atom. The van der Waals surface area contributed by atoms with Crippen molar-refractivity contribution in [1.29, 1.82) is 0 Å². The molecule has 25 heavy (non-hydrogen) atoms. The monoisotopic (exact) mass is 349 g/mol. The first kappa shape index (κ1) is 15.3. The summed E-state index contributed by atoms with van der Waals surface area (Å²) in [5.41, 5.74) is 5.28. The summed E-state index contributed by atoms with van der Waals surface area (Å²) in [6.07, 6.45) is 1.74. The van der Waals surface area contributed by atoms with Crippen molar-refractivity contribution in [3.63, 3.8) is 0 Å². The van der Waals surface area contributed by atoms with E-state index < -0.39 is 0 Å². The van der Waals surface area contributed by atoms with Crippen LogP contribution in [0, 0.1) is 0 Å². The van der Waals surface area contributed by atoms with Crippen LogP contribution >= 0.6 is 11.3 Å². The molecule has 0 spiro atoms. The van der Waals surface area contributed by atoms with Crippen LogP contribution in [0.3, 0.4) is 0 Å². The lowest BCUT2D eigenvalue weighted by Gasteiger charge is -2.08. The van der Waals surface area contributed by atoms with Crippen LogP contribution in [0.15, 0.2) is 65.7 Å². The molecule has 2 heterocycles. The van der Waals surface area contributed by atoms with E-state index in [0.29, 0.717) is 12.2 Å². The van der Waals surface area contributed by atoms with Crippen LogP contribution in [-0.2, 0) is 6.54 Å². The maximum atomic E-state index is 12.1. The lowest BCUT2D eigenvalue weighted by molar-refractivity contribution is 0.251. The fourth-order valence-corrected chi connectivity index (χ4v) is 3.08. The summed E-state index contributed by atoms with van der Waals surface area (Å²) < 4.78 is 1.92. The average molecular weight is 349 g/mol. The topological polar surface area (TPSA) is 71.8 Å². The van der Waals surface area contributed by atoms with Gasteiger partial charge in [-0.2, -0.15) is 0 Å². The number of carbonyl (C=O) groups is 1. The molecule has 0 unspecified atom stereocenters.